The number of ether oxygens (including phenoxy) is 2. The molecule has 7 rings (SSSR count). The highest BCUT2D eigenvalue weighted by Crippen LogP contribution is 2.77. The molecular formula is C23H27BO5. The minimum atomic E-state index is -0.964. The summed E-state index contributed by atoms with van der Waals surface area (Å²) in [5.74, 6) is 0.995. The molecule has 0 radical (unpaired) electrons. The highest BCUT2D eigenvalue weighted by atomic mass is 16.7. The van der Waals surface area contributed by atoms with E-state index in [0.717, 1.165) is 43.1 Å². The predicted molar refractivity (Wildman–Crippen MR) is 105 cm³/mol. The first-order valence-electron chi connectivity index (χ1n) is 11.2. The number of carbonyl (C=O) groups is 1. The number of esters is 1. The number of hydrogen-bond acceptors (Lipinski definition) is 5. The van der Waals surface area contributed by atoms with Crippen LogP contribution in [0.2, 0.25) is 0 Å². The summed E-state index contributed by atoms with van der Waals surface area (Å²) in [4.78, 5) is 12.5. The summed E-state index contributed by atoms with van der Waals surface area (Å²) >= 11 is 0. The lowest BCUT2D eigenvalue weighted by atomic mass is 9.32. The van der Waals surface area contributed by atoms with Gasteiger partial charge in [0.2, 0.25) is 5.79 Å². The zero-order valence-electron chi connectivity index (χ0n) is 17.3. The van der Waals surface area contributed by atoms with Crippen LogP contribution in [0.3, 0.4) is 0 Å². The molecule has 1 aromatic rings. The molecule has 4 unspecified atom stereocenters. The van der Waals surface area contributed by atoms with Gasteiger partial charge in [-0.15, -0.1) is 0 Å². The Labute approximate surface area is 171 Å². The van der Waals surface area contributed by atoms with Crippen molar-refractivity contribution in [2.45, 2.75) is 82.1 Å². The van der Waals surface area contributed by atoms with Crippen LogP contribution in [0, 0.1) is 17.3 Å². The molecule has 0 aromatic heterocycles. The fraction of sp³-hybridized carbons (Fsp3) is 0.696. The monoisotopic (exact) mass is 394 g/mol. The topological polar surface area (TPSA) is 54.0 Å². The zero-order valence-corrected chi connectivity index (χ0v) is 17.3. The Bertz CT molecular complexity index is 955. The molecule has 6 aliphatic rings. The van der Waals surface area contributed by atoms with Crippen LogP contribution >= 0.6 is 0 Å². The van der Waals surface area contributed by atoms with Crippen LogP contribution in [0.15, 0.2) is 18.2 Å². The maximum absolute atomic E-state index is 12.5. The van der Waals surface area contributed by atoms with Gasteiger partial charge in [0, 0.05) is 24.6 Å². The Morgan fingerprint density at radius 1 is 1.07 bits per heavy atom. The van der Waals surface area contributed by atoms with Gasteiger partial charge in [0.25, 0.3) is 0 Å². The standard InChI is InChI=1S/C23H27BO5/c1-20(2)26-18-15(19(25)27-20)5-4-6-16(18)22(9-10-22)24-28-17-8-7-13-11-14-12-23(17,29-24)21(13,14)3/h4-6,13-14,17H,7-12H2,1-3H3/t13?,14?,17-,21?,23?/m1/s1. The minimum absolute atomic E-state index is 0.0903. The van der Waals surface area contributed by atoms with Crippen LogP contribution in [0.25, 0.3) is 0 Å². The van der Waals surface area contributed by atoms with E-state index in [0.29, 0.717) is 16.7 Å². The fourth-order valence-corrected chi connectivity index (χ4v) is 7.48. The Morgan fingerprint density at radius 3 is 2.66 bits per heavy atom. The molecule has 2 heterocycles. The molecule has 6 heteroatoms. The maximum atomic E-state index is 12.5. The Morgan fingerprint density at radius 2 is 1.90 bits per heavy atom. The van der Waals surface area contributed by atoms with Crippen molar-refractivity contribution in [2.24, 2.45) is 17.3 Å². The van der Waals surface area contributed by atoms with E-state index in [4.69, 9.17) is 18.8 Å². The number of para-hydroxylation sites is 1. The van der Waals surface area contributed by atoms with Crippen LogP contribution in [-0.2, 0) is 19.4 Å². The number of benzene rings is 1. The normalized spacial score (nSPS) is 44.3. The van der Waals surface area contributed by atoms with E-state index in [1.165, 1.54) is 12.8 Å². The van der Waals surface area contributed by atoms with Gasteiger partial charge >= 0.3 is 13.1 Å². The van der Waals surface area contributed by atoms with Crippen molar-refractivity contribution in [3.8, 4) is 5.75 Å². The SMILES string of the molecule is CC1(C)OC(=O)c2cccc(C3(B4O[C@@H]5CCC6CC7CC5(O4)C67C)CC3)c2O1. The maximum Gasteiger partial charge on any atom is 0.469 e. The third-order valence-electron chi connectivity index (χ3n) is 9.33. The minimum Gasteiger partial charge on any atom is -0.452 e. The summed E-state index contributed by atoms with van der Waals surface area (Å²) in [5.41, 5.74) is 1.77. The van der Waals surface area contributed by atoms with Crippen molar-refractivity contribution < 1.29 is 23.6 Å². The third-order valence-corrected chi connectivity index (χ3v) is 9.33. The average molecular weight is 394 g/mol. The van der Waals surface area contributed by atoms with Gasteiger partial charge in [-0.2, -0.15) is 0 Å². The Hall–Kier alpha value is -1.53. The average Bonchev–Trinajstić information content (AvgIpc) is 3.37. The molecule has 29 heavy (non-hydrogen) atoms. The summed E-state index contributed by atoms with van der Waals surface area (Å²) in [6, 6.07) is 5.81. The second-order valence-electron chi connectivity index (χ2n) is 10.9. The molecule has 5 nitrogen and oxygen atoms in total. The van der Waals surface area contributed by atoms with Crippen LogP contribution in [0.4, 0.5) is 0 Å². The van der Waals surface area contributed by atoms with Crippen LogP contribution in [-0.4, -0.2) is 30.6 Å². The van der Waals surface area contributed by atoms with E-state index in [1.54, 1.807) is 19.9 Å². The lowest BCUT2D eigenvalue weighted by Gasteiger charge is -2.75. The summed E-state index contributed by atoms with van der Waals surface area (Å²) < 4.78 is 25.2. The number of cyclic esters (lactones) is 1. The Balaban J connectivity index is 1.28. The van der Waals surface area contributed by atoms with Gasteiger partial charge in [0.05, 0.1) is 11.7 Å². The molecule has 0 N–H and O–H groups in total. The van der Waals surface area contributed by atoms with E-state index in [-0.39, 0.29) is 30.1 Å². The summed E-state index contributed by atoms with van der Waals surface area (Å²) in [7, 11) is -0.249. The van der Waals surface area contributed by atoms with E-state index < -0.39 is 5.79 Å². The lowest BCUT2D eigenvalue weighted by molar-refractivity contribution is -0.309. The summed E-state index contributed by atoms with van der Waals surface area (Å²) in [5, 5.41) is -0.216. The molecule has 1 spiro atoms. The molecule has 1 saturated heterocycles. The van der Waals surface area contributed by atoms with Crippen LogP contribution in [0.1, 0.15) is 75.2 Å². The highest BCUT2D eigenvalue weighted by Gasteiger charge is 2.81. The van der Waals surface area contributed by atoms with Gasteiger partial charge in [-0.25, -0.2) is 4.79 Å². The number of hydrogen-bond donors (Lipinski definition) is 0. The van der Waals surface area contributed by atoms with E-state index in [2.05, 4.69) is 13.0 Å². The van der Waals surface area contributed by atoms with Gasteiger partial charge in [0.15, 0.2) is 0 Å². The molecule has 4 saturated carbocycles. The second kappa shape index (κ2) is 4.86. The summed E-state index contributed by atoms with van der Waals surface area (Å²) in [6.07, 6.45) is 7.12. The first kappa shape index (κ1) is 17.2. The van der Waals surface area contributed by atoms with Gasteiger partial charge in [-0.05, 0) is 62.0 Å². The molecule has 5 fully saturated rings. The molecule has 4 aliphatic carbocycles. The van der Waals surface area contributed by atoms with Crippen LogP contribution < -0.4 is 4.74 Å². The molecular weight excluding hydrogens is 367 g/mol. The van der Waals surface area contributed by atoms with Crippen molar-refractivity contribution in [2.75, 3.05) is 0 Å². The van der Waals surface area contributed by atoms with E-state index in [9.17, 15) is 4.79 Å². The number of rotatable bonds is 2. The number of fused-ring (bicyclic) bond motifs is 1. The first-order valence-corrected chi connectivity index (χ1v) is 11.2. The smallest absolute Gasteiger partial charge is 0.452 e. The number of carbonyl (C=O) groups excluding carboxylic acids is 1. The molecule has 0 amide bonds. The van der Waals surface area contributed by atoms with Crippen molar-refractivity contribution in [1.29, 1.82) is 0 Å². The van der Waals surface area contributed by atoms with Gasteiger partial charge in [0.1, 0.15) is 11.3 Å². The van der Waals surface area contributed by atoms with E-state index >= 15 is 0 Å². The van der Waals surface area contributed by atoms with Crippen molar-refractivity contribution in [1.82, 2.24) is 0 Å². The first-order chi connectivity index (χ1) is 13.8. The second-order valence-corrected chi connectivity index (χ2v) is 10.9. The van der Waals surface area contributed by atoms with Crippen molar-refractivity contribution in [3.05, 3.63) is 29.3 Å². The van der Waals surface area contributed by atoms with Gasteiger partial charge in [-0.3, -0.25) is 0 Å². The highest BCUT2D eigenvalue weighted by molar-refractivity contribution is 6.51. The Kier molecular flexibility index (Phi) is 2.88. The largest absolute Gasteiger partial charge is 0.469 e. The van der Waals surface area contributed by atoms with E-state index in [1.807, 2.05) is 6.07 Å². The molecule has 0 bridgehead atoms. The molecule has 5 atom stereocenters. The third kappa shape index (κ3) is 1.82. The lowest BCUT2D eigenvalue weighted by Crippen LogP contribution is -2.77. The zero-order chi connectivity index (χ0) is 19.8. The van der Waals surface area contributed by atoms with Gasteiger partial charge < -0.3 is 18.8 Å². The molecule has 152 valence electrons. The van der Waals surface area contributed by atoms with Crippen molar-refractivity contribution >= 4 is 13.1 Å². The van der Waals surface area contributed by atoms with Crippen molar-refractivity contribution in [3.63, 3.8) is 0 Å². The predicted octanol–water partition coefficient (Wildman–Crippen LogP) is 4.03. The van der Waals surface area contributed by atoms with Crippen LogP contribution in [0.5, 0.6) is 5.75 Å². The fourth-order valence-electron chi connectivity index (χ4n) is 7.48. The molecule has 1 aromatic carbocycles. The summed E-state index contributed by atoms with van der Waals surface area (Å²) in [6.45, 7) is 6.01. The quantitative estimate of drug-likeness (QED) is 0.560. The molecule has 2 aliphatic heterocycles. The van der Waals surface area contributed by atoms with Gasteiger partial charge in [-0.1, -0.05) is 19.1 Å².